The Kier molecular flexibility index (Phi) is 4.37. The molecule has 0 aliphatic rings. The lowest BCUT2D eigenvalue weighted by molar-refractivity contribution is 0.474. The number of benzene rings is 2. The van der Waals surface area contributed by atoms with Crippen molar-refractivity contribution in [2.45, 2.75) is 19.3 Å². The molecule has 2 aromatic carbocycles. The molecule has 0 aliphatic carbocycles. The average Bonchev–Trinajstić information content (AvgIpc) is 2.30. The van der Waals surface area contributed by atoms with Crippen LogP contribution in [0.4, 0.5) is 0 Å². The topological polar surface area (TPSA) is 40.5 Å². The van der Waals surface area contributed by atoms with E-state index >= 15 is 0 Å². The average molecular weight is 262 g/mol. The standard InChI is InChI=1S/C15H16O2.H3P/c1-15(2,11-3-7-13(16)8-4-11)12-5-9-14(17)10-6-12;/h3-10,16-17H,1-2H3;1H3. The van der Waals surface area contributed by atoms with Crippen LogP contribution in [0.25, 0.3) is 0 Å². The van der Waals surface area contributed by atoms with E-state index in [4.69, 9.17) is 0 Å². The zero-order valence-electron chi connectivity index (χ0n) is 10.7. The van der Waals surface area contributed by atoms with E-state index in [2.05, 4.69) is 13.8 Å². The van der Waals surface area contributed by atoms with Crippen molar-refractivity contribution >= 4 is 9.90 Å². The van der Waals surface area contributed by atoms with Gasteiger partial charge in [0.25, 0.3) is 0 Å². The summed E-state index contributed by atoms with van der Waals surface area (Å²) in [4.78, 5) is 0. The highest BCUT2D eigenvalue weighted by Gasteiger charge is 2.22. The van der Waals surface area contributed by atoms with Gasteiger partial charge in [0.1, 0.15) is 11.5 Å². The molecule has 96 valence electrons. The molecule has 0 fully saturated rings. The van der Waals surface area contributed by atoms with Crippen LogP contribution in [0.3, 0.4) is 0 Å². The fourth-order valence-electron chi connectivity index (χ4n) is 1.92. The lowest BCUT2D eigenvalue weighted by Gasteiger charge is -2.26. The maximum atomic E-state index is 9.30. The fourth-order valence-corrected chi connectivity index (χ4v) is 1.92. The van der Waals surface area contributed by atoms with Gasteiger partial charge in [-0.1, -0.05) is 38.1 Å². The van der Waals surface area contributed by atoms with Crippen LogP contribution in [0, 0.1) is 0 Å². The second-order valence-electron chi connectivity index (χ2n) is 4.72. The summed E-state index contributed by atoms with van der Waals surface area (Å²) in [5, 5.41) is 18.6. The Morgan fingerprint density at radius 2 is 0.944 bits per heavy atom. The SMILES string of the molecule is CC(C)(c1ccc(O)cc1)c1ccc(O)cc1.P. The Bertz CT molecular complexity index is 454. The zero-order chi connectivity index (χ0) is 12.5. The van der Waals surface area contributed by atoms with Crippen molar-refractivity contribution in [2.24, 2.45) is 0 Å². The van der Waals surface area contributed by atoms with Crippen LogP contribution >= 0.6 is 9.90 Å². The lowest BCUT2D eigenvalue weighted by atomic mass is 9.78. The predicted molar refractivity (Wildman–Crippen MR) is 79.4 cm³/mol. The van der Waals surface area contributed by atoms with Crippen molar-refractivity contribution in [3.05, 3.63) is 59.7 Å². The summed E-state index contributed by atoms with van der Waals surface area (Å²) in [5.41, 5.74) is 2.10. The molecule has 2 nitrogen and oxygen atoms in total. The second kappa shape index (κ2) is 5.41. The molecule has 2 rings (SSSR count). The minimum Gasteiger partial charge on any atom is -0.508 e. The number of phenols is 2. The van der Waals surface area contributed by atoms with Gasteiger partial charge >= 0.3 is 0 Å². The van der Waals surface area contributed by atoms with E-state index in [9.17, 15) is 10.2 Å². The van der Waals surface area contributed by atoms with E-state index < -0.39 is 0 Å². The summed E-state index contributed by atoms with van der Waals surface area (Å²) in [5.74, 6) is 0.547. The predicted octanol–water partition coefficient (Wildman–Crippen LogP) is 3.48. The summed E-state index contributed by atoms with van der Waals surface area (Å²) in [6, 6.07) is 14.4. The molecule has 2 N–H and O–H groups in total. The van der Waals surface area contributed by atoms with E-state index in [0.29, 0.717) is 0 Å². The maximum Gasteiger partial charge on any atom is 0.115 e. The summed E-state index contributed by atoms with van der Waals surface area (Å²) in [7, 11) is 0. The molecule has 18 heavy (non-hydrogen) atoms. The first kappa shape index (κ1) is 14.5. The van der Waals surface area contributed by atoms with Crippen LogP contribution in [0.2, 0.25) is 0 Å². The third-order valence-corrected chi connectivity index (χ3v) is 3.18. The van der Waals surface area contributed by atoms with Gasteiger partial charge in [-0.25, -0.2) is 0 Å². The van der Waals surface area contributed by atoms with Crippen molar-refractivity contribution in [3.63, 3.8) is 0 Å². The minimum absolute atomic E-state index is 0. The Balaban J connectivity index is 0.00000162. The highest BCUT2D eigenvalue weighted by molar-refractivity contribution is 6.92. The van der Waals surface area contributed by atoms with E-state index in [1.165, 1.54) is 0 Å². The Morgan fingerprint density at radius 3 is 1.22 bits per heavy atom. The van der Waals surface area contributed by atoms with Crippen molar-refractivity contribution in [1.82, 2.24) is 0 Å². The molecule has 0 bridgehead atoms. The van der Waals surface area contributed by atoms with Gasteiger partial charge in [0.2, 0.25) is 0 Å². The second-order valence-corrected chi connectivity index (χ2v) is 4.72. The van der Waals surface area contributed by atoms with Gasteiger partial charge in [0, 0.05) is 5.41 Å². The summed E-state index contributed by atoms with van der Waals surface area (Å²) in [6.07, 6.45) is 0. The van der Waals surface area contributed by atoms with Gasteiger partial charge in [0.05, 0.1) is 0 Å². The molecule has 0 amide bonds. The van der Waals surface area contributed by atoms with E-state index in [1.54, 1.807) is 24.3 Å². The van der Waals surface area contributed by atoms with Crippen molar-refractivity contribution in [3.8, 4) is 11.5 Å². The largest absolute Gasteiger partial charge is 0.508 e. The Labute approximate surface area is 111 Å². The molecule has 0 saturated carbocycles. The van der Waals surface area contributed by atoms with Crippen LogP contribution in [-0.4, -0.2) is 10.2 Å². The molecule has 0 saturated heterocycles. The van der Waals surface area contributed by atoms with E-state index in [-0.39, 0.29) is 26.8 Å². The fraction of sp³-hybridized carbons (Fsp3) is 0.200. The molecule has 0 spiro atoms. The molecule has 3 heteroatoms. The van der Waals surface area contributed by atoms with Crippen LogP contribution in [0.1, 0.15) is 25.0 Å². The Hall–Kier alpha value is -1.53. The molecular formula is C15H19O2P. The molecule has 1 unspecified atom stereocenters. The van der Waals surface area contributed by atoms with Gasteiger partial charge in [-0.05, 0) is 35.4 Å². The normalized spacial score (nSPS) is 10.8. The van der Waals surface area contributed by atoms with Crippen molar-refractivity contribution in [1.29, 1.82) is 0 Å². The number of rotatable bonds is 2. The molecular weight excluding hydrogens is 243 g/mol. The van der Waals surface area contributed by atoms with Crippen LogP contribution in [0.15, 0.2) is 48.5 Å². The molecule has 2 aromatic rings. The monoisotopic (exact) mass is 262 g/mol. The van der Waals surface area contributed by atoms with E-state index in [0.717, 1.165) is 11.1 Å². The van der Waals surface area contributed by atoms with Gasteiger partial charge in [-0.2, -0.15) is 9.90 Å². The smallest absolute Gasteiger partial charge is 0.115 e. The summed E-state index contributed by atoms with van der Waals surface area (Å²) < 4.78 is 0. The summed E-state index contributed by atoms with van der Waals surface area (Å²) in [6.45, 7) is 4.23. The molecule has 1 atom stereocenters. The van der Waals surface area contributed by atoms with Crippen molar-refractivity contribution in [2.75, 3.05) is 0 Å². The quantitative estimate of drug-likeness (QED) is 0.813. The zero-order valence-corrected chi connectivity index (χ0v) is 12.1. The van der Waals surface area contributed by atoms with Gasteiger partial charge in [-0.15, -0.1) is 0 Å². The summed E-state index contributed by atoms with van der Waals surface area (Å²) >= 11 is 0. The Morgan fingerprint density at radius 1 is 0.667 bits per heavy atom. The van der Waals surface area contributed by atoms with Gasteiger partial charge in [-0.3, -0.25) is 0 Å². The first-order valence-electron chi connectivity index (χ1n) is 5.59. The molecule has 0 heterocycles. The number of hydrogen-bond acceptors (Lipinski definition) is 2. The highest BCUT2D eigenvalue weighted by Crippen LogP contribution is 2.32. The van der Waals surface area contributed by atoms with E-state index in [1.807, 2.05) is 24.3 Å². The third kappa shape index (κ3) is 2.83. The highest BCUT2D eigenvalue weighted by atomic mass is 31.0. The number of phenolic OH excluding ortho intramolecular Hbond substituents is 2. The van der Waals surface area contributed by atoms with Crippen LogP contribution in [0.5, 0.6) is 11.5 Å². The molecule has 0 aromatic heterocycles. The van der Waals surface area contributed by atoms with Crippen LogP contribution < -0.4 is 0 Å². The molecule has 0 radical (unpaired) electrons. The van der Waals surface area contributed by atoms with Gasteiger partial charge < -0.3 is 10.2 Å². The first-order chi connectivity index (χ1) is 8.00. The van der Waals surface area contributed by atoms with Crippen LogP contribution in [-0.2, 0) is 5.41 Å². The number of aromatic hydroxyl groups is 2. The maximum absolute atomic E-state index is 9.30. The van der Waals surface area contributed by atoms with Crippen molar-refractivity contribution < 1.29 is 10.2 Å². The first-order valence-corrected chi connectivity index (χ1v) is 5.59. The third-order valence-electron chi connectivity index (χ3n) is 3.18. The minimum atomic E-state index is -0.151. The van der Waals surface area contributed by atoms with Gasteiger partial charge in [0.15, 0.2) is 0 Å². The lowest BCUT2D eigenvalue weighted by Crippen LogP contribution is -2.18. The number of hydrogen-bond donors (Lipinski definition) is 2. The molecule has 0 aliphatic heterocycles.